The van der Waals surface area contributed by atoms with Crippen molar-refractivity contribution < 1.29 is 14.6 Å². The Bertz CT molecular complexity index is 286. The monoisotopic (exact) mass is 183 g/mol. The van der Waals surface area contributed by atoms with E-state index >= 15 is 0 Å². The fourth-order valence-corrected chi connectivity index (χ4v) is 0.689. The topological polar surface area (TPSA) is 84.3 Å². The minimum absolute atomic E-state index is 0.180. The van der Waals surface area contributed by atoms with E-state index in [0.717, 1.165) is 0 Å². The van der Waals surface area contributed by atoms with E-state index in [1.165, 1.54) is 7.11 Å². The van der Waals surface area contributed by atoms with Crippen molar-refractivity contribution in [1.29, 1.82) is 0 Å². The maximum Gasteiger partial charge on any atom is 0.322 e. The number of anilines is 1. The van der Waals surface area contributed by atoms with Crippen molar-refractivity contribution in [3.8, 4) is 5.88 Å². The van der Waals surface area contributed by atoms with E-state index in [9.17, 15) is 4.79 Å². The third-order valence-electron chi connectivity index (χ3n) is 1.27. The number of nitrogens with zero attached hydrogens (tertiary/aromatic N) is 2. The Morgan fingerprint density at radius 3 is 2.85 bits per heavy atom. The lowest BCUT2D eigenvalue weighted by molar-refractivity contribution is -0.134. The zero-order chi connectivity index (χ0) is 9.68. The molecule has 1 heterocycles. The average Bonchev–Trinajstić information content (AvgIpc) is 2.15. The number of nitrogens with one attached hydrogen (secondary N) is 1. The van der Waals surface area contributed by atoms with E-state index in [1.807, 2.05) is 0 Å². The smallest absolute Gasteiger partial charge is 0.322 e. The summed E-state index contributed by atoms with van der Waals surface area (Å²) in [6.07, 6.45) is 0. The molecule has 0 aliphatic rings. The normalized spacial score (nSPS) is 9.31. The van der Waals surface area contributed by atoms with Crippen LogP contribution in [0, 0.1) is 0 Å². The number of aromatic nitrogens is 2. The summed E-state index contributed by atoms with van der Waals surface area (Å²) >= 11 is 0. The molecule has 6 heteroatoms. The molecule has 6 nitrogen and oxygen atoms in total. The largest absolute Gasteiger partial charge is 0.480 e. The molecule has 0 fully saturated rings. The van der Waals surface area contributed by atoms with Crippen LogP contribution in [-0.4, -0.2) is 34.9 Å². The molecule has 0 saturated heterocycles. The average molecular weight is 183 g/mol. The van der Waals surface area contributed by atoms with Crippen molar-refractivity contribution in [2.75, 3.05) is 19.0 Å². The Hall–Kier alpha value is -1.85. The lowest BCUT2D eigenvalue weighted by Gasteiger charge is -2.01. The lowest BCUT2D eigenvalue weighted by atomic mass is 10.5. The second kappa shape index (κ2) is 4.24. The number of aliphatic carboxylic acids is 1. The molecule has 0 aliphatic heterocycles. The minimum Gasteiger partial charge on any atom is -0.480 e. The third kappa shape index (κ3) is 2.94. The Balaban J connectivity index is 2.54. The number of carboxylic acids is 1. The molecule has 1 rings (SSSR count). The number of methoxy groups -OCH3 is 1. The van der Waals surface area contributed by atoms with Gasteiger partial charge in [-0.1, -0.05) is 0 Å². The van der Waals surface area contributed by atoms with Gasteiger partial charge in [0, 0.05) is 6.07 Å². The van der Waals surface area contributed by atoms with E-state index in [-0.39, 0.29) is 6.54 Å². The zero-order valence-corrected chi connectivity index (χ0v) is 7.02. The fourth-order valence-electron chi connectivity index (χ4n) is 0.689. The van der Waals surface area contributed by atoms with Gasteiger partial charge in [0.1, 0.15) is 12.4 Å². The first-order chi connectivity index (χ1) is 6.22. The van der Waals surface area contributed by atoms with Gasteiger partial charge in [0.15, 0.2) is 0 Å². The van der Waals surface area contributed by atoms with Crippen molar-refractivity contribution in [2.45, 2.75) is 0 Å². The maximum absolute atomic E-state index is 10.2. The molecule has 1 aromatic heterocycles. The number of ether oxygens (including phenoxy) is 1. The van der Waals surface area contributed by atoms with Gasteiger partial charge in [-0.25, -0.2) is 0 Å². The molecule has 0 amide bonds. The summed E-state index contributed by atoms with van der Waals surface area (Å²) in [7, 11) is 1.48. The van der Waals surface area contributed by atoms with Gasteiger partial charge >= 0.3 is 5.97 Å². The van der Waals surface area contributed by atoms with Gasteiger partial charge in [0.2, 0.25) is 5.88 Å². The second-order valence-electron chi connectivity index (χ2n) is 2.21. The molecule has 70 valence electrons. The Labute approximate surface area is 74.6 Å². The van der Waals surface area contributed by atoms with Crippen LogP contribution in [0.2, 0.25) is 0 Å². The molecule has 2 N–H and O–H groups in total. The van der Waals surface area contributed by atoms with Crippen LogP contribution < -0.4 is 10.1 Å². The van der Waals surface area contributed by atoms with E-state index < -0.39 is 5.97 Å². The molecule has 13 heavy (non-hydrogen) atoms. The Morgan fingerprint density at radius 2 is 2.38 bits per heavy atom. The zero-order valence-electron chi connectivity index (χ0n) is 7.02. The summed E-state index contributed by atoms with van der Waals surface area (Å²) in [4.78, 5) is 10.2. The molecular formula is C7H9N3O3. The third-order valence-corrected chi connectivity index (χ3v) is 1.27. The minimum atomic E-state index is -0.947. The van der Waals surface area contributed by atoms with Crippen LogP contribution in [0.3, 0.4) is 0 Å². The first kappa shape index (κ1) is 9.24. The summed E-state index contributed by atoms with van der Waals surface area (Å²) in [6.45, 7) is -0.180. The van der Waals surface area contributed by atoms with Crippen LogP contribution in [0.25, 0.3) is 0 Å². The van der Waals surface area contributed by atoms with Crippen molar-refractivity contribution in [3.05, 3.63) is 12.1 Å². The van der Waals surface area contributed by atoms with Crippen LogP contribution in [0.15, 0.2) is 12.1 Å². The molecule has 0 spiro atoms. The molecule has 0 aromatic carbocycles. The lowest BCUT2D eigenvalue weighted by Crippen LogP contribution is -2.13. The van der Waals surface area contributed by atoms with Gasteiger partial charge in [0.25, 0.3) is 0 Å². The molecular weight excluding hydrogens is 174 g/mol. The summed E-state index contributed by atoms with van der Waals surface area (Å²) in [5.41, 5.74) is 0. The van der Waals surface area contributed by atoms with E-state index in [2.05, 4.69) is 15.5 Å². The molecule has 0 bridgehead atoms. The number of carboxylic acid groups (broad SMARTS) is 1. The summed E-state index contributed by atoms with van der Waals surface area (Å²) < 4.78 is 4.78. The van der Waals surface area contributed by atoms with Crippen molar-refractivity contribution in [2.24, 2.45) is 0 Å². The number of hydrogen-bond acceptors (Lipinski definition) is 5. The van der Waals surface area contributed by atoms with Crippen LogP contribution in [0.4, 0.5) is 5.82 Å². The van der Waals surface area contributed by atoms with Gasteiger partial charge < -0.3 is 15.2 Å². The van der Waals surface area contributed by atoms with E-state index in [0.29, 0.717) is 11.7 Å². The SMILES string of the molecule is COc1ccc(NCC(=O)O)nn1. The highest BCUT2D eigenvalue weighted by molar-refractivity contribution is 5.72. The molecule has 0 radical (unpaired) electrons. The first-order valence-corrected chi connectivity index (χ1v) is 3.56. The van der Waals surface area contributed by atoms with Crippen molar-refractivity contribution in [3.63, 3.8) is 0 Å². The molecule has 0 unspecified atom stereocenters. The first-order valence-electron chi connectivity index (χ1n) is 3.56. The Morgan fingerprint density at radius 1 is 1.62 bits per heavy atom. The van der Waals surface area contributed by atoms with Crippen molar-refractivity contribution >= 4 is 11.8 Å². The van der Waals surface area contributed by atoms with E-state index in [4.69, 9.17) is 9.84 Å². The Kier molecular flexibility index (Phi) is 3.02. The maximum atomic E-state index is 10.2. The van der Waals surface area contributed by atoms with Gasteiger partial charge in [-0.05, 0) is 6.07 Å². The van der Waals surface area contributed by atoms with Gasteiger partial charge in [-0.15, -0.1) is 10.2 Å². The highest BCUT2D eigenvalue weighted by atomic mass is 16.5. The summed E-state index contributed by atoms with van der Waals surface area (Å²) in [5, 5.41) is 18.2. The number of hydrogen-bond donors (Lipinski definition) is 2. The van der Waals surface area contributed by atoms with Gasteiger partial charge in [-0.2, -0.15) is 0 Å². The van der Waals surface area contributed by atoms with Crippen LogP contribution in [0.1, 0.15) is 0 Å². The molecule has 0 atom stereocenters. The quantitative estimate of drug-likeness (QED) is 0.682. The standard InChI is InChI=1S/C7H9N3O3/c1-13-6-3-2-5(9-10-6)8-4-7(11)12/h2-3H,4H2,1H3,(H,8,9)(H,11,12). The van der Waals surface area contributed by atoms with Gasteiger partial charge in [-0.3, -0.25) is 4.79 Å². The molecule has 1 aromatic rings. The number of carbonyl (C=O) groups is 1. The fraction of sp³-hybridized carbons (Fsp3) is 0.286. The highest BCUT2D eigenvalue weighted by Crippen LogP contribution is 2.06. The van der Waals surface area contributed by atoms with Crippen LogP contribution in [0.5, 0.6) is 5.88 Å². The number of rotatable bonds is 4. The predicted molar refractivity (Wildman–Crippen MR) is 44.7 cm³/mol. The molecule has 0 saturated carbocycles. The second-order valence-corrected chi connectivity index (χ2v) is 2.21. The predicted octanol–water partition coefficient (Wildman–Crippen LogP) is -0.0183. The van der Waals surface area contributed by atoms with Crippen molar-refractivity contribution in [1.82, 2.24) is 10.2 Å². The van der Waals surface area contributed by atoms with Crippen LogP contribution in [-0.2, 0) is 4.79 Å². The van der Waals surface area contributed by atoms with Crippen LogP contribution >= 0.6 is 0 Å². The highest BCUT2D eigenvalue weighted by Gasteiger charge is 1.99. The molecule has 0 aliphatic carbocycles. The van der Waals surface area contributed by atoms with E-state index in [1.54, 1.807) is 12.1 Å². The summed E-state index contributed by atoms with van der Waals surface area (Å²) in [6, 6.07) is 3.19. The summed E-state index contributed by atoms with van der Waals surface area (Å²) in [5.74, 6) is -0.151. The van der Waals surface area contributed by atoms with Gasteiger partial charge in [0.05, 0.1) is 7.11 Å².